The van der Waals surface area contributed by atoms with E-state index in [-0.39, 0.29) is 59.1 Å². The summed E-state index contributed by atoms with van der Waals surface area (Å²) in [5.74, 6) is -2.94. The van der Waals surface area contributed by atoms with E-state index in [2.05, 4.69) is 21.3 Å². The van der Waals surface area contributed by atoms with Crippen molar-refractivity contribution in [3.8, 4) is 0 Å². The fourth-order valence-electron chi connectivity index (χ4n) is 6.15. The fraction of sp³-hybridized carbons (Fsp3) is 0.395. The van der Waals surface area contributed by atoms with Crippen LogP contribution in [0.25, 0.3) is 0 Å². The van der Waals surface area contributed by atoms with E-state index >= 15 is 0 Å². The average Bonchev–Trinajstić information content (AvgIpc) is 3.62. The minimum atomic E-state index is -4.19. The molecule has 0 saturated carbocycles. The number of carboxylic acids is 1. The summed E-state index contributed by atoms with van der Waals surface area (Å²) >= 11 is 12.0. The summed E-state index contributed by atoms with van der Waals surface area (Å²) in [6.45, 7) is 5.59. The third-order valence-corrected chi connectivity index (χ3v) is 11.4. The summed E-state index contributed by atoms with van der Waals surface area (Å²) < 4.78 is 27.8. The van der Waals surface area contributed by atoms with Gasteiger partial charge in [0.15, 0.2) is 0 Å². The predicted octanol–water partition coefficient (Wildman–Crippen LogP) is 5.29. The monoisotopic (exact) mass is 816 g/mol. The Morgan fingerprint density at radius 3 is 2.24 bits per heavy atom. The number of aliphatic carboxylic acids is 1. The third-order valence-electron chi connectivity index (χ3n) is 9.11. The molecule has 14 nitrogen and oxygen atoms in total. The van der Waals surface area contributed by atoms with Gasteiger partial charge in [0, 0.05) is 41.6 Å². The molecule has 55 heavy (non-hydrogen) atoms. The van der Waals surface area contributed by atoms with Gasteiger partial charge in [-0.2, -0.15) is 4.31 Å². The van der Waals surface area contributed by atoms with Crippen molar-refractivity contribution in [1.82, 2.24) is 19.8 Å². The fourth-order valence-corrected chi connectivity index (χ4v) is 8.53. The van der Waals surface area contributed by atoms with Crippen molar-refractivity contribution in [2.75, 3.05) is 30.8 Å². The van der Waals surface area contributed by atoms with Crippen molar-refractivity contribution >= 4 is 74.3 Å². The number of hydrogen-bond donors (Lipinski definition) is 5. The maximum atomic E-state index is 13.4. The van der Waals surface area contributed by atoms with Crippen LogP contribution in [0.5, 0.6) is 0 Å². The Balaban J connectivity index is 1.32. The average molecular weight is 818 g/mol. The molecule has 0 radical (unpaired) electrons. The molecule has 1 saturated heterocycles. The van der Waals surface area contributed by atoms with E-state index in [9.17, 15) is 37.5 Å². The van der Waals surface area contributed by atoms with Crippen molar-refractivity contribution in [2.45, 2.75) is 75.9 Å². The zero-order valence-corrected chi connectivity index (χ0v) is 33.3. The number of benzene rings is 3. The molecular weight excluding hydrogens is 771 g/mol. The van der Waals surface area contributed by atoms with E-state index in [0.29, 0.717) is 29.8 Å². The normalized spacial score (nSPS) is 15.5. The number of rotatable bonds is 16. The molecule has 1 fully saturated rings. The molecule has 0 aliphatic carbocycles. The van der Waals surface area contributed by atoms with E-state index in [4.69, 9.17) is 23.2 Å². The second-order valence-electron chi connectivity index (χ2n) is 13.8. The Hall–Kier alpha value is -4.70. The van der Waals surface area contributed by atoms with Gasteiger partial charge >= 0.3 is 12.0 Å². The highest BCUT2D eigenvalue weighted by molar-refractivity contribution is 7.89. The smallest absolute Gasteiger partial charge is 0.326 e. The molecule has 4 rings (SSSR count). The second kappa shape index (κ2) is 19.2. The standard InChI is InChI=1S/C38H46Cl2N6O8S/c1-23(2)18-33(45(4)34(47)19-25-11-13-28(14-12-25)42-38(52)44-30-9-6-5-8-24(30)3)35(48)41-16-15-31(37(50)51)43-36(49)32-10-7-17-46(32)55(53,54)29-21-26(39)20-27(40)22-29/h5-6,8-9,11-14,20-23,31-33H,7,10,15-19H2,1-4H3,(H,41,48)(H,43,49)(H,50,51)(H2,42,44,52)/t31-,32-,33-/m0/s1. The SMILES string of the molecule is Cc1ccccc1NC(=O)Nc1ccc(CC(=O)N(C)[C@@H](CC(C)C)C(=O)NCC[C@H](NC(=O)[C@@H]2CCCN2S(=O)(=O)c2cc(Cl)cc(Cl)c2)C(=O)O)cc1. The topological polar surface area (TPSA) is 194 Å². The van der Waals surface area contributed by atoms with Gasteiger partial charge in [-0.25, -0.2) is 18.0 Å². The molecule has 3 aromatic carbocycles. The number of carbonyl (C=O) groups excluding carboxylic acids is 4. The highest BCUT2D eigenvalue weighted by atomic mass is 35.5. The molecule has 3 atom stereocenters. The number of anilines is 2. The number of carbonyl (C=O) groups is 5. The molecule has 0 bridgehead atoms. The van der Waals surface area contributed by atoms with Crippen LogP contribution in [-0.4, -0.2) is 90.7 Å². The number of nitrogens with one attached hydrogen (secondary N) is 4. The third kappa shape index (κ3) is 11.9. The highest BCUT2D eigenvalue weighted by Crippen LogP contribution is 2.30. The van der Waals surface area contributed by atoms with Gasteiger partial charge in [0.05, 0.1) is 11.3 Å². The van der Waals surface area contributed by atoms with E-state index in [1.165, 1.54) is 30.1 Å². The quantitative estimate of drug-likeness (QED) is 0.129. The number of sulfonamides is 1. The van der Waals surface area contributed by atoms with Gasteiger partial charge in [-0.1, -0.05) is 67.4 Å². The largest absolute Gasteiger partial charge is 0.480 e. The maximum absolute atomic E-state index is 13.4. The summed E-state index contributed by atoms with van der Waals surface area (Å²) in [5, 5.41) is 20.8. The first kappa shape index (κ1) is 43.0. The number of halogens is 2. The van der Waals surface area contributed by atoms with Gasteiger partial charge in [0.25, 0.3) is 0 Å². The Morgan fingerprint density at radius 1 is 0.964 bits per heavy atom. The number of carboxylic acid groups (broad SMARTS) is 1. The Bertz CT molecular complexity index is 1980. The van der Waals surface area contributed by atoms with E-state index in [1.54, 1.807) is 30.3 Å². The molecule has 1 aliphatic heterocycles. The van der Waals surface area contributed by atoms with Gasteiger partial charge in [0.1, 0.15) is 18.1 Å². The highest BCUT2D eigenvalue weighted by Gasteiger charge is 2.41. The lowest BCUT2D eigenvalue weighted by molar-refractivity contribution is -0.142. The molecule has 3 aromatic rings. The van der Waals surface area contributed by atoms with E-state index < -0.39 is 52.0 Å². The van der Waals surface area contributed by atoms with Crippen molar-refractivity contribution in [2.24, 2.45) is 5.92 Å². The Labute approximate surface area is 331 Å². The van der Waals surface area contributed by atoms with Crippen molar-refractivity contribution in [3.63, 3.8) is 0 Å². The Morgan fingerprint density at radius 2 is 1.62 bits per heavy atom. The van der Waals surface area contributed by atoms with Gasteiger partial charge < -0.3 is 31.3 Å². The van der Waals surface area contributed by atoms with Crippen LogP contribution in [-0.2, 0) is 35.6 Å². The molecule has 17 heteroatoms. The van der Waals surface area contributed by atoms with Crippen LogP contribution in [0.4, 0.5) is 16.2 Å². The zero-order valence-electron chi connectivity index (χ0n) is 31.0. The number of urea groups is 1. The molecule has 0 unspecified atom stereocenters. The summed E-state index contributed by atoms with van der Waals surface area (Å²) in [7, 11) is -2.66. The van der Waals surface area contributed by atoms with Gasteiger partial charge in [0.2, 0.25) is 27.7 Å². The lowest BCUT2D eigenvalue weighted by Gasteiger charge is -2.29. The molecule has 1 heterocycles. The first-order chi connectivity index (χ1) is 26.0. The van der Waals surface area contributed by atoms with Crippen LogP contribution in [0, 0.1) is 12.8 Å². The van der Waals surface area contributed by atoms with E-state index in [0.717, 1.165) is 9.87 Å². The van der Waals surface area contributed by atoms with E-state index in [1.807, 2.05) is 39.0 Å². The molecule has 5 amide bonds. The molecule has 5 N–H and O–H groups in total. The van der Waals surface area contributed by atoms with Crippen molar-refractivity contribution in [1.29, 1.82) is 0 Å². The Kier molecular flexibility index (Phi) is 15.1. The van der Waals surface area contributed by atoms with Gasteiger partial charge in [-0.3, -0.25) is 14.4 Å². The van der Waals surface area contributed by atoms with Crippen LogP contribution in [0.15, 0.2) is 71.6 Å². The van der Waals surface area contributed by atoms with Crippen LogP contribution < -0.4 is 21.3 Å². The predicted molar refractivity (Wildman–Crippen MR) is 211 cm³/mol. The minimum Gasteiger partial charge on any atom is -0.480 e. The number of amides is 5. The molecule has 0 aromatic heterocycles. The summed E-state index contributed by atoms with van der Waals surface area (Å²) in [6.07, 6.45) is 0.659. The van der Waals surface area contributed by atoms with Crippen LogP contribution in [0.1, 0.15) is 50.7 Å². The first-order valence-electron chi connectivity index (χ1n) is 17.7. The molecule has 1 aliphatic rings. The van der Waals surface area contributed by atoms with Crippen LogP contribution >= 0.6 is 23.2 Å². The molecule has 0 spiro atoms. The second-order valence-corrected chi connectivity index (χ2v) is 16.5. The lowest BCUT2D eigenvalue weighted by atomic mass is 10.0. The van der Waals surface area contributed by atoms with Crippen LogP contribution in [0.2, 0.25) is 10.0 Å². The van der Waals surface area contributed by atoms with Crippen LogP contribution in [0.3, 0.4) is 0 Å². The number of nitrogens with zero attached hydrogens (tertiary/aromatic N) is 2. The number of aryl methyl sites for hydroxylation is 1. The summed E-state index contributed by atoms with van der Waals surface area (Å²) in [4.78, 5) is 65.8. The van der Waals surface area contributed by atoms with Gasteiger partial charge in [-0.05, 0) is 86.1 Å². The summed E-state index contributed by atoms with van der Waals surface area (Å²) in [6, 6.07) is 14.1. The zero-order chi connectivity index (χ0) is 40.4. The molecule has 296 valence electrons. The van der Waals surface area contributed by atoms with Crippen molar-refractivity contribution < 1.29 is 37.5 Å². The summed E-state index contributed by atoms with van der Waals surface area (Å²) in [5.41, 5.74) is 2.79. The maximum Gasteiger partial charge on any atom is 0.326 e. The lowest BCUT2D eigenvalue weighted by Crippen LogP contribution is -2.52. The number of likely N-dealkylation sites (N-methyl/N-ethyl adjacent to an activating group) is 1. The minimum absolute atomic E-state index is 0.0144. The molecular formula is C38H46Cl2N6O8S. The van der Waals surface area contributed by atoms with Crippen molar-refractivity contribution in [3.05, 3.63) is 87.9 Å². The number of para-hydroxylation sites is 1. The first-order valence-corrected chi connectivity index (χ1v) is 19.9. The van der Waals surface area contributed by atoms with Gasteiger partial charge in [-0.15, -0.1) is 0 Å². The number of hydrogen-bond acceptors (Lipinski definition) is 7.